The number of nitrogen functional groups attached to an aromatic ring is 1. The molecule has 0 bridgehead atoms. The van der Waals surface area contributed by atoms with Gasteiger partial charge in [0.15, 0.2) is 5.76 Å². The summed E-state index contributed by atoms with van der Waals surface area (Å²) in [5, 5.41) is 4.53. The molecule has 4 rings (SSSR count). The lowest BCUT2D eigenvalue weighted by molar-refractivity contribution is 0.289. The van der Waals surface area contributed by atoms with Crippen LogP contribution in [-0.2, 0) is 13.0 Å². The van der Waals surface area contributed by atoms with Crippen molar-refractivity contribution >= 4 is 17.4 Å². The van der Waals surface area contributed by atoms with Gasteiger partial charge in [-0.05, 0) is 29.8 Å². The summed E-state index contributed by atoms with van der Waals surface area (Å²) in [5.41, 5.74) is 9.09. The van der Waals surface area contributed by atoms with E-state index in [1.165, 1.54) is 0 Å². The fourth-order valence-corrected chi connectivity index (χ4v) is 2.82. The predicted octanol–water partition coefficient (Wildman–Crippen LogP) is 3.93. The molecule has 0 saturated heterocycles. The van der Waals surface area contributed by atoms with Crippen molar-refractivity contribution in [3.05, 3.63) is 83.0 Å². The summed E-state index contributed by atoms with van der Waals surface area (Å²) in [6.07, 6.45) is 3.95. The minimum atomic E-state index is 0.298. The van der Waals surface area contributed by atoms with Gasteiger partial charge in [-0.15, -0.1) is 0 Å². The van der Waals surface area contributed by atoms with Crippen molar-refractivity contribution in [1.29, 1.82) is 0 Å². The Morgan fingerprint density at radius 2 is 1.96 bits per heavy atom. The molecule has 0 aliphatic carbocycles. The molecule has 0 unspecified atom stereocenters. The number of halogens is 1. The van der Waals surface area contributed by atoms with Crippen LogP contribution in [-0.4, -0.2) is 20.1 Å². The number of anilines is 1. The number of hydrogen-bond acceptors (Lipinski definition) is 7. The van der Waals surface area contributed by atoms with Crippen molar-refractivity contribution in [1.82, 2.24) is 20.1 Å². The highest BCUT2D eigenvalue weighted by Crippen LogP contribution is 2.25. The highest BCUT2D eigenvalue weighted by molar-refractivity contribution is 6.29. The van der Waals surface area contributed by atoms with Gasteiger partial charge < -0.3 is 15.0 Å². The van der Waals surface area contributed by atoms with Gasteiger partial charge in [-0.3, -0.25) is 0 Å². The Balaban J connectivity index is 1.39. The topological polar surface area (TPSA) is 100.0 Å². The molecule has 8 heteroatoms. The molecule has 0 fully saturated rings. The van der Waals surface area contributed by atoms with Gasteiger partial charge in [0, 0.05) is 30.9 Å². The fraction of sp³-hybridized carbons (Fsp3) is 0.100. The third-order valence-electron chi connectivity index (χ3n) is 3.99. The molecule has 7 nitrogen and oxygen atoms in total. The highest BCUT2D eigenvalue weighted by atomic mass is 35.5. The number of aromatic nitrogens is 4. The highest BCUT2D eigenvalue weighted by Gasteiger charge is 2.11. The summed E-state index contributed by atoms with van der Waals surface area (Å²) in [5.74, 6) is 1.50. The van der Waals surface area contributed by atoms with Crippen LogP contribution in [0.4, 0.5) is 5.82 Å². The molecule has 28 heavy (non-hydrogen) atoms. The maximum Gasteiger partial charge on any atom is 0.213 e. The Morgan fingerprint density at radius 1 is 1.04 bits per heavy atom. The van der Waals surface area contributed by atoms with Crippen LogP contribution < -0.4 is 10.5 Å². The number of nitrogens with zero attached hydrogens (tertiary/aromatic N) is 4. The van der Waals surface area contributed by atoms with Crippen molar-refractivity contribution < 1.29 is 9.26 Å². The van der Waals surface area contributed by atoms with Crippen LogP contribution in [0.1, 0.15) is 17.0 Å². The van der Waals surface area contributed by atoms with Crippen molar-refractivity contribution in [3.8, 4) is 17.2 Å². The van der Waals surface area contributed by atoms with E-state index in [9.17, 15) is 0 Å². The molecule has 0 aliphatic heterocycles. The summed E-state index contributed by atoms with van der Waals surface area (Å²) in [6.45, 7) is 0.298. The molecule has 0 spiro atoms. The van der Waals surface area contributed by atoms with Gasteiger partial charge in [0.2, 0.25) is 5.88 Å². The summed E-state index contributed by atoms with van der Waals surface area (Å²) in [6, 6.07) is 14.6. The molecule has 4 aromatic rings. The second kappa shape index (κ2) is 8.06. The second-order valence-corrected chi connectivity index (χ2v) is 6.43. The van der Waals surface area contributed by atoms with Crippen LogP contribution in [0.25, 0.3) is 11.3 Å². The van der Waals surface area contributed by atoms with Crippen molar-refractivity contribution in [2.75, 3.05) is 5.73 Å². The Labute approximate surface area is 166 Å². The minimum absolute atomic E-state index is 0.298. The molecule has 0 radical (unpaired) electrons. The quantitative estimate of drug-likeness (QED) is 0.495. The molecular weight excluding hydrogens is 378 g/mol. The lowest BCUT2D eigenvalue weighted by Gasteiger charge is -2.05. The third kappa shape index (κ3) is 4.27. The standard InChI is InChI=1S/C20H16ClN5O2/c21-18-5-1-3-14(25-18)12-27-19-7-6-13(11-24-19)9-15-10-17(28-26-15)16-4-2-8-23-20(16)22/h1-8,10-11H,9,12H2,(H2,22,23). The van der Waals surface area contributed by atoms with E-state index in [0.717, 1.165) is 22.5 Å². The summed E-state index contributed by atoms with van der Waals surface area (Å²) >= 11 is 5.87. The summed E-state index contributed by atoms with van der Waals surface area (Å²) in [4.78, 5) is 12.6. The average molecular weight is 394 g/mol. The zero-order valence-electron chi connectivity index (χ0n) is 14.7. The molecule has 0 amide bonds. The van der Waals surface area contributed by atoms with Gasteiger partial charge in [0.1, 0.15) is 17.6 Å². The average Bonchev–Trinajstić information content (AvgIpc) is 3.16. The van der Waals surface area contributed by atoms with Gasteiger partial charge in [-0.1, -0.05) is 28.9 Å². The first-order valence-electron chi connectivity index (χ1n) is 8.53. The Bertz CT molecular complexity index is 1080. The number of hydrogen-bond donors (Lipinski definition) is 1. The van der Waals surface area contributed by atoms with Crippen LogP contribution in [0, 0.1) is 0 Å². The molecule has 0 atom stereocenters. The molecule has 0 saturated carbocycles. The number of ether oxygens (including phenoxy) is 1. The van der Waals surface area contributed by atoms with E-state index in [1.54, 1.807) is 30.6 Å². The van der Waals surface area contributed by atoms with Crippen LogP contribution in [0.2, 0.25) is 5.15 Å². The van der Waals surface area contributed by atoms with Gasteiger partial charge in [-0.2, -0.15) is 0 Å². The lowest BCUT2D eigenvalue weighted by Crippen LogP contribution is -2.00. The summed E-state index contributed by atoms with van der Waals surface area (Å²) < 4.78 is 11.0. The SMILES string of the molecule is Nc1ncccc1-c1cc(Cc2ccc(OCc3cccc(Cl)n3)nc2)no1. The van der Waals surface area contributed by atoms with E-state index >= 15 is 0 Å². The zero-order chi connectivity index (χ0) is 19.3. The fourth-order valence-electron chi connectivity index (χ4n) is 2.64. The Morgan fingerprint density at radius 3 is 2.75 bits per heavy atom. The largest absolute Gasteiger partial charge is 0.471 e. The predicted molar refractivity (Wildman–Crippen MR) is 105 cm³/mol. The van der Waals surface area contributed by atoms with Gasteiger partial charge in [0.05, 0.1) is 17.0 Å². The van der Waals surface area contributed by atoms with Gasteiger partial charge >= 0.3 is 0 Å². The van der Waals surface area contributed by atoms with Crippen LogP contribution in [0.15, 0.2) is 65.4 Å². The molecule has 0 aliphatic rings. The van der Waals surface area contributed by atoms with Crippen molar-refractivity contribution in [2.24, 2.45) is 0 Å². The van der Waals surface area contributed by atoms with Crippen LogP contribution in [0.3, 0.4) is 0 Å². The Hall–Kier alpha value is -3.45. The number of rotatable bonds is 6. The molecular formula is C20H16ClN5O2. The van der Waals surface area contributed by atoms with E-state index in [-0.39, 0.29) is 0 Å². The van der Waals surface area contributed by atoms with Crippen molar-refractivity contribution in [2.45, 2.75) is 13.0 Å². The maximum absolute atomic E-state index is 5.88. The maximum atomic E-state index is 5.88. The third-order valence-corrected chi connectivity index (χ3v) is 4.20. The number of nitrogens with two attached hydrogens (primary N) is 1. The van der Waals surface area contributed by atoms with Gasteiger partial charge in [0.25, 0.3) is 0 Å². The van der Waals surface area contributed by atoms with E-state index in [0.29, 0.717) is 35.6 Å². The molecule has 4 heterocycles. The first-order valence-corrected chi connectivity index (χ1v) is 8.91. The first-order chi connectivity index (χ1) is 13.7. The van der Waals surface area contributed by atoms with Crippen molar-refractivity contribution in [3.63, 3.8) is 0 Å². The normalized spacial score (nSPS) is 10.8. The van der Waals surface area contributed by atoms with Gasteiger partial charge in [-0.25, -0.2) is 15.0 Å². The smallest absolute Gasteiger partial charge is 0.213 e. The molecule has 0 aromatic carbocycles. The molecule has 2 N–H and O–H groups in total. The summed E-state index contributed by atoms with van der Waals surface area (Å²) in [7, 11) is 0. The Kier molecular flexibility index (Phi) is 5.16. The van der Waals surface area contributed by atoms with E-state index < -0.39 is 0 Å². The molecule has 4 aromatic heterocycles. The number of pyridine rings is 3. The minimum Gasteiger partial charge on any atom is -0.471 e. The van der Waals surface area contributed by atoms with Crippen LogP contribution in [0.5, 0.6) is 5.88 Å². The zero-order valence-corrected chi connectivity index (χ0v) is 15.5. The second-order valence-electron chi connectivity index (χ2n) is 6.04. The first kappa shape index (κ1) is 17.9. The lowest BCUT2D eigenvalue weighted by atomic mass is 10.1. The van der Waals surface area contributed by atoms with Crippen LogP contribution >= 0.6 is 11.6 Å². The monoisotopic (exact) mass is 393 g/mol. The van der Waals surface area contributed by atoms with E-state index in [2.05, 4.69) is 20.1 Å². The van der Waals surface area contributed by atoms with E-state index in [1.807, 2.05) is 30.3 Å². The molecule has 140 valence electrons. The van der Waals surface area contributed by atoms with E-state index in [4.69, 9.17) is 26.6 Å².